The van der Waals surface area contributed by atoms with E-state index in [0.717, 1.165) is 23.5 Å². The third-order valence-electron chi connectivity index (χ3n) is 5.35. The van der Waals surface area contributed by atoms with Crippen molar-refractivity contribution < 1.29 is 28.7 Å². The van der Waals surface area contributed by atoms with E-state index in [9.17, 15) is 19.7 Å². The second-order valence-electron chi connectivity index (χ2n) is 7.49. The molecule has 0 fully saturated rings. The molecule has 0 amide bonds. The molecule has 0 spiro atoms. The number of aryl methyl sites for hydroxylation is 1. The lowest BCUT2D eigenvalue weighted by atomic mass is 10.1. The minimum atomic E-state index is -1.20. The summed E-state index contributed by atoms with van der Waals surface area (Å²) < 4.78 is 17.4. The van der Waals surface area contributed by atoms with E-state index in [2.05, 4.69) is 0 Å². The monoisotopic (exact) mass is 486 g/mol. The highest BCUT2D eigenvalue weighted by molar-refractivity contribution is 6.30. The number of nitro benzene ring substituents is 1. The van der Waals surface area contributed by atoms with Gasteiger partial charge in [-0.3, -0.25) is 14.9 Å². The van der Waals surface area contributed by atoms with Gasteiger partial charge in [0.05, 0.1) is 25.2 Å². The fraction of sp³-hybridized carbons (Fsp3) is 0.250. The van der Waals surface area contributed by atoms with Crippen molar-refractivity contribution in [1.29, 1.82) is 0 Å². The highest BCUT2D eigenvalue weighted by Gasteiger charge is 2.30. The first-order chi connectivity index (χ1) is 16.1. The third kappa shape index (κ3) is 4.74. The Morgan fingerprint density at radius 2 is 1.59 bits per heavy atom. The summed E-state index contributed by atoms with van der Waals surface area (Å²) in [6.07, 6.45) is -1.20. The molecule has 0 aliphatic rings. The number of ketones is 1. The number of hydrogen-bond acceptors (Lipinski definition) is 7. The Bertz CT molecular complexity index is 1270. The summed E-state index contributed by atoms with van der Waals surface area (Å²) in [5.74, 6) is -1.26. The molecule has 0 radical (unpaired) electrons. The van der Waals surface area contributed by atoms with Crippen molar-refractivity contribution in [2.75, 3.05) is 14.2 Å². The van der Waals surface area contributed by atoms with Crippen LogP contribution in [0.2, 0.25) is 5.02 Å². The van der Waals surface area contributed by atoms with Gasteiger partial charge in [-0.15, -0.1) is 0 Å². The van der Waals surface area contributed by atoms with Gasteiger partial charge < -0.3 is 18.8 Å². The molecule has 178 valence electrons. The van der Waals surface area contributed by atoms with Gasteiger partial charge in [-0.1, -0.05) is 11.6 Å². The summed E-state index contributed by atoms with van der Waals surface area (Å²) in [5, 5.41) is 12.1. The molecule has 9 nitrogen and oxygen atoms in total. The first-order valence-corrected chi connectivity index (χ1v) is 10.6. The van der Waals surface area contributed by atoms with Gasteiger partial charge in [-0.2, -0.15) is 0 Å². The van der Waals surface area contributed by atoms with Crippen LogP contribution in [0.3, 0.4) is 0 Å². The van der Waals surface area contributed by atoms with E-state index < -0.39 is 28.5 Å². The minimum Gasteiger partial charge on any atom is -0.493 e. The molecule has 1 heterocycles. The molecule has 3 rings (SSSR count). The van der Waals surface area contributed by atoms with E-state index in [-0.39, 0.29) is 17.1 Å². The second kappa shape index (κ2) is 9.96. The van der Waals surface area contributed by atoms with Crippen LogP contribution in [0.5, 0.6) is 11.5 Å². The van der Waals surface area contributed by atoms with E-state index >= 15 is 0 Å². The van der Waals surface area contributed by atoms with Crippen LogP contribution in [0.15, 0.2) is 42.5 Å². The maximum atomic E-state index is 13.1. The van der Waals surface area contributed by atoms with Gasteiger partial charge in [0.15, 0.2) is 17.6 Å². The smallest absolute Gasteiger partial charge is 0.346 e. The summed E-state index contributed by atoms with van der Waals surface area (Å²) >= 11 is 5.97. The number of esters is 1. The number of carbonyl (C=O) groups is 2. The van der Waals surface area contributed by atoms with Crippen molar-refractivity contribution in [3.63, 3.8) is 0 Å². The van der Waals surface area contributed by atoms with Gasteiger partial charge in [0.25, 0.3) is 5.69 Å². The van der Waals surface area contributed by atoms with Crippen molar-refractivity contribution in [3.8, 4) is 17.2 Å². The number of hydrogen-bond donors (Lipinski definition) is 0. The standard InChI is InChI=1S/C24H23ClN2O7/c1-13-10-18(14(2)26(13)17-8-6-16(25)7-9-17)23(28)15(3)34-24(29)19-11-21(32-4)22(33-5)12-20(19)27(30)31/h6-12,15H,1-5H3. The maximum Gasteiger partial charge on any atom is 0.346 e. The molecule has 0 aliphatic heterocycles. The molecule has 0 N–H and O–H groups in total. The quantitative estimate of drug-likeness (QED) is 0.188. The zero-order valence-electron chi connectivity index (χ0n) is 19.2. The SMILES string of the molecule is COc1cc(C(=O)OC(C)C(=O)c2cc(C)n(-c3ccc(Cl)cc3)c2C)c([N+](=O)[O-])cc1OC. The molecule has 3 aromatic rings. The summed E-state index contributed by atoms with van der Waals surface area (Å²) in [4.78, 5) is 36.7. The predicted octanol–water partition coefficient (Wildman–Crippen LogP) is 5.10. The molecular weight excluding hydrogens is 464 g/mol. The Morgan fingerprint density at radius 3 is 2.15 bits per heavy atom. The van der Waals surface area contributed by atoms with Crippen LogP contribution in [0, 0.1) is 24.0 Å². The molecule has 34 heavy (non-hydrogen) atoms. The van der Waals surface area contributed by atoms with Crippen molar-refractivity contribution in [2.24, 2.45) is 0 Å². The minimum absolute atomic E-state index is 0.0875. The average Bonchev–Trinajstić information content (AvgIpc) is 3.11. The number of benzene rings is 2. The number of aromatic nitrogens is 1. The van der Waals surface area contributed by atoms with E-state index in [1.54, 1.807) is 25.1 Å². The van der Waals surface area contributed by atoms with Crippen molar-refractivity contribution in [3.05, 3.63) is 80.1 Å². The van der Waals surface area contributed by atoms with Crippen LogP contribution in [-0.2, 0) is 4.74 Å². The van der Waals surface area contributed by atoms with E-state index in [4.69, 9.17) is 25.8 Å². The van der Waals surface area contributed by atoms with Crippen LogP contribution < -0.4 is 9.47 Å². The lowest BCUT2D eigenvalue weighted by Gasteiger charge is -2.14. The van der Waals surface area contributed by atoms with Crippen LogP contribution in [0.4, 0.5) is 5.69 Å². The van der Waals surface area contributed by atoms with Gasteiger partial charge in [0.1, 0.15) is 5.56 Å². The Balaban J connectivity index is 1.90. The number of nitro groups is 1. The molecule has 1 unspecified atom stereocenters. The molecule has 0 aliphatic carbocycles. The average molecular weight is 487 g/mol. The van der Waals surface area contributed by atoms with E-state index in [0.29, 0.717) is 16.3 Å². The lowest BCUT2D eigenvalue weighted by molar-refractivity contribution is -0.385. The van der Waals surface area contributed by atoms with Gasteiger partial charge >= 0.3 is 5.97 Å². The van der Waals surface area contributed by atoms with Gasteiger partial charge in [0.2, 0.25) is 5.78 Å². The third-order valence-corrected chi connectivity index (χ3v) is 5.60. The first kappa shape index (κ1) is 24.8. The number of ether oxygens (including phenoxy) is 3. The molecule has 10 heteroatoms. The topological polar surface area (TPSA) is 110 Å². The van der Waals surface area contributed by atoms with Crippen LogP contribution in [0.25, 0.3) is 5.69 Å². The molecule has 2 aromatic carbocycles. The Labute approximate surface area is 201 Å². The van der Waals surface area contributed by atoms with Crippen LogP contribution in [0.1, 0.15) is 39.0 Å². The van der Waals surface area contributed by atoms with Gasteiger partial charge in [-0.05, 0) is 51.1 Å². The number of nitrogens with zero attached hydrogens (tertiary/aromatic N) is 2. The first-order valence-electron chi connectivity index (χ1n) is 10.2. The summed E-state index contributed by atoms with van der Waals surface area (Å²) in [7, 11) is 2.65. The number of methoxy groups -OCH3 is 2. The summed E-state index contributed by atoms with van der Waals surface area (Å²) in [5.41, 5.74) is 1.78. The van der Waals surface area contributed by atoms with Crippen LogP contribution >= 0.6 is 11.6 Å². The largest absolute Gasteiger partial charge is 0.493 e. The van der Waals surface area contributed by atoms with Gasteiger partial charge in [0, 0.05) is 33.7 Å². The molecule has 0 bridgehead atoms. The number of carbonyl (C=O) groups excluding carboxylic acids is 2. The summed E-state index contributed by atoms with van der Waals surface area (Å²) in [6, 6.07) is 11.1. The second-order valence-corrected chi connectivity index (χ2v) is 7.93. The van der Waals surface area contributed by atoms with Crippen molar-refractivity contribution in [2.45, 2.75) is 26.9 Å². The zero-order valence-corrected chi connectivity index (χ0v) is 20.0. The molecule has 1 atom stereocenters. The Hall–Kier alpha value is -3.85. The number of halogens is 1. The molecule has 1 aromatic heterocycles. The molecule has 0 saturated carbocycles. The maximum absolute atomic E-state index is 13.1. The lowest BCUT2D eigenvalue weighted by Crippen LogP contribution is -2.25. The molecular formula is C24H23ClN2O7. The Morgan fingerprint density at radius 1 is 1.00 bits per heavy atom. The summed E-state index contributed by atoms with van der Waals surface area (Å²) in [6.45, 7) is 5.05. The highest BCUT2D eigenvalue weighted by atomic mass is 35.5. The molecule has 0 saturated heterocycles. The van der Waals surface area contributed by atoms with Gasteiger partial charge in [-0.25, -0.2) is 4.79 Å². The predicted molar refractivity (Wildman–Crippen MR) is 126 cm³/mol. The van der Waals surface area contributed by atoms with Crippen molar-refractivity contribution >= 4 is 29.0 Å². The van der Waals surface area contributed by atoms with E-state index in [1.165, 1.54) is 21.1 Å². The normalized spacial score (nSPS) is 11.6. The highest BCUT2D eigenvalue weighted by Crippen LogP contribution is 2.35. The fourth-order valence-electron chi connectivity index (χ4n) is 3.68. The Kier molecular flexibility index (Phi) is 7.26. The van der Waals surface area contributed by atoms with E-state index in [1.807, 2.05) is 23.6 Å². The van der Waals surface area contributed by atoms with Crippen molar-refractivity contribution in [1.82, 2.24) is 4.57 Å². The fourth-order valence-corrected chi connectivity index (χ4v) is 3.81. The van der Waals surface area contributed by atoms with Crippen LogP contribution in [-0.4, -0.2) is 41.6 Å². The zero-order chi connectivity index (χ0) is 25.2. The number of Topliss-reactive ketones (excluding diaryl/α,β-unsaturated/α-hetero) is 1. The number of rotatable bonds is 8.